The van der Waals surface area contributed by atoms with Crippen molar-refractivity contribution >= 4 is 11.6 Å². The van der Waals surface area contributed by atoms with Crippen LogP contribution in [0.3, 0.4) is 0 Å². The van der Waals surface area contributed by atoms with Crippen molar-refractivity contribution in [3.63, 3.8) is 0 Å². The van der Waals surface area contributed by atoms with E-state index in [0.717, 1.165) is 12.4 Å². The molecule has 0 fully saturated rings. The molecule has 2 aromatic rings. The molecule has 0 saturated carbocycles. The quantitative estimate of drug-likeness (QED) is 0.635. The van der Waals surface area contributed by atoms with Crippen molar-refractivity contribution in [2.45, 2.75) is 26.4 Å². The Morgan fingerprint density at radius 3 is 2.58 bits per heavy atom. The lowest BCUT2D eigenvalue weighted by molar-refractivity contribution is 0.671. The molecule has 3 N–H and O–H groups in total. The molecule has 0 saturated heterocycles. The Morgan fingerprint density at radius 2 is 1.95 bits per heavy atom. The molecule has 1 aromatic heterocycles. The van der Waals surface area contributed by atoms with Gasteiger partial charge in [0, 0.05) is 18.7 Å². The highest BCUT2D eigenvalue weighted by atomic mass is 15.3. The fraction of sp³-hybridized carbons (Fsp3) is 0.286. The first-order chi connectivity index (χ1) is 9.20. The van der Waals surface area contributed by atoms with Crippen molar-refractivity contribution < 1.29 is 0 Å². The fourth-order valence-electron chi connectivity index (χ4n) is 1.89. The largest absolute Gasteiger partial charge is 0.350 e. The molecule has 0 aliphatic rings. The minimum atomic E-state index is 0.334. The van der Waals surface area contributed by atoms with Crippen LogP contribution in [-0.2, 0) is 6.54 Å². The van der Waals surface area contributed by atoms with Gasteiger partial charge in [0.1, 0.15) is 18.0 Å². The van der Waals surface area contributed by atoms with E-state index in [4.69, 9.17) is 5.84 Å². The topological polar surface area (TPSA) is 67.1 Å². The first-order valence-corrected chi connectivity index (χ1v) is 6.30. The molecule has 0 aliphatic carbocycles. The Labute approximate surface area is 113 Å². The van der Waals surface area contributed by atoms with E-state index in [2.05, 4.69) is 46.3 Å². The molecule has 1 heterocycles. The lowest BCUT2D eigenvalue weighted by atomic mass is 10.2. The number of aromatic nitrogens is 2. The minimum absolute atomic E-state index is 0.334. The first-order valence-electron chi connectivity index (χ1n) is 6.30. The maximum Gasteiger partial charge on any atom is 0.145 e. The van der Waals surface area contributed by atoms with Gasteiger partial charge in [-0.15, -0.1) is 0 Å². The third-order valence-electron chi connectivity index (χ3n) is 2.91. The van der Waals surface area contributed by atoms with Crippen LogP contribution in [0, 0.1) is 0 Å². The SMILES string of the molecule is CC(C)N(Cc1ccccc1)c1cc(NN)ncn1. The molecule has 5 heteroatoms. The molecule has 0 amide bonds. The van der Waals surface area contributed by atoms with Gasteiger partial charge in [0.05, 0.1) is 0 Å². The number of nitrogen functional groups attached to an aromatic ring is 1. The van der Waals surface area contributed by atoms with Crippen molar-refractivity contribution in [2.24, 2.45) is 5.84 Å². The molecule has 2 rings (SSSR count). The number of nitrogens with two attached hydrogens (primary N) is 1. The van der Waals surface area contributed by atoms with E-state index in [0.29, 0.717) is 11.9 Å². The van der Waals surface area contributed by atoms with Gasteiger partial charge < -0.3 is 10.3 Å². The third-order valence-corrected chi connectivity index (χ3v) is 2.91. The lowest BCUT2D eigenvalue weighted by Crippen LogP contribution is -2.31. The van der Waals surface area contributed by atoms with Crippen LogP contribution >= 0.6 is 0 Å². The fourth-order valence-corrected chi connectivity index (χ4v) is 1.89. The van der Waals surface area contributed by atoms with Gasteiger partial charge in [-0.25, -0.2) is 15.8 Å². The Kier molecular flexibility index (Phi) is 4.30. The highest BCUT2D eigenvalue weighted by Gasteiger charge is 2.13. The lowest BCUT2D eigenvalue weighted by Gasteiger charge is -2.28. The molecule has 1 aromatic carbocycles. The summed E-state index contributed by atoms with van der Waals surface area (Å²) in [6, 6.07) is 12.5. The van der Waals surface area contributed by atoms with Crippen LogP contribution < -0.4 is 16.2 Å². The summed E-state index contributed by atoms with van der Waals surface area (Å²) in [7, 11) is 0. The van der Waals surface area contributed by atoms with Crippen LogP contribution in [0.4, 0.5) is 11.6 Å². The molecule has 0 radical (unpaired) electrons. The summed E-state index contributed by atoms with van der Waals surface area (Å²) in [6.45, 7) is 5.08. The van der Waals surface area contributed by atoms with Gasteiger partial charge in [-0.3, -0.25) is 0 Å². The summed E-state index contributed by atoms with van der Waals surface area (Å²) in [5.74, 6) is 6.87. The van der Waals surface area contributed by atoms with Crippen LogP contribution in [0.15, 0.2) is 42.7 Å². The summed E-state index contributed by atoms with van der Waals surface area (Å²) >= 11 is 0. The second-order valence-corrected chi connectivity index (χ2v) is 4.61. The van der Waals surface area contributed by atoms with Gasteiger partial charge >= 0.3 is 0 Å². The van der Waals surface area contributed by atoms with Crippen LogP contribution in [0.25, 0.3) is 0 Å². The minimum Gasteiger partial charge on any atom is -0.350 e. The van der Waals surface area contributed by atoms with Crippen molar-refractivity contribution in [3.05, 3.63) is 48.3 Å². The van der Waals surface area contributed by atoms with Crippen LogP contribution in [0.5, 0.6) is 0 Å². The van der Waals surface area contributed by atoms with Crippen LogP contribution in [0.1, 0.15) is 19.4 Å². The molecule has 0 bridgehead atoms. The van der Waals surface area contributed by atoms with Gasteiger partial charge in [-0.1, -0.05) is 30.3 Å². The van der Waals surface area contributed by atoms with E-state index >= 15 is 0 Å². The number of nitrogens with zero attached hydrogens (tertiary/aromatic N) is 3. The summed E-state index contributed by atoms with van der Waals surface area (Å²) in [5, 5.41) is 0. The Morgan fingerprint density at radius 1 is 1.21 bits per heavy atom. The zero-order valence-corrected chi connectivity index (χ0v) is 11.2. The average Bonchev–Trinajstić information content (AvgIpc) is 2.45. The van der Waals surface area contributed by atoms with E-state index in [1.165, 1.54) is 11.9 Å². The van der Waals surface area contributed by atoms with E-state index in [1.807, 2.05) is 24.3 Å². The van der Waals surface area contributed by atoms with Gasteiger partial charge in [0.15, 0.2) is 0 Å². The maximum absolute atomic E-state index is 5.39. The Bertz CT molecular complexity index is 512. The van der Waals surface area contributed by atoms with Crippen LogP contribution in [-0.4, -0.2) is 16.0 Å². The molecule has 0 aliphatic heterocycles. The number of hydrogen-bond donors (Lipinski definition) is 2. The first kappa shape index (κ1) is 13.3. The van der Waals surface area contributed by atoms with Gasteiger partial charge in [-0.2, -0.15) is 0 Å². The molecule has 0 spiro atoms. The van der Waals surface area contributed by atoms with Crippen molar-refractivity contribution in [1.82, 2.24) is 9.97 Å². The van der Waals surface area contributed by atoms with Gasteiger partial charge in [0.25, 0.3) is 0 Å². The third kappa shape index (κ3) is 3.42. The van der Waals surface area contributed by atoms with Crippen LogP contribution in [0.2, 0.25) is 0 Å². The normalized spacial score (nSPS) is 10.5. The molecular formula is C14H19N5. The number of nitrogens with one attached hydrogen (secondary N) is 1. The molecule has 5 nitrogen and oxygen atoms in total. The summed E-state index contributed by atoms with van der Waals surface area (Å²) in [4.78, 5) is 10.6. The maximum atomic E-state index is 5.39. The predicted molar refractivity (Wildman–Crippen MR) is 77.6 cm³/mol. The summed E-state index contributed by atoms with van der Waals surface area (Å²) in [6.07, 6.45) is 1.52. The number of hydrogen-bond acceptors (Lipinski definition) is 5. The molecule has 100 valence electrons. The predicted octanol–water partition coefficient (Wildman–Crippen LogP) is 2.18. The van der Waals surface area contributed by atoms with Gasteiger partial charge in [-0.05, 0) is 19.4 Å². The molecule has 0 unspecified atom stereocenters. The molecule has 19 heavy (non-hydrogen) atoms. The smallest absolute Gasteiger partial charge is 0.145 e. The van der Waals surface area contributed by atoms with Crippen molar-refractivity contribution in [3.8, 4) is 0 Å². The summed E-state index contributed by atoms with van der Waals surface area (Å²) in [5.41, 5.74) is 3.79. The second kappa shape index (κ2) is 6.15. The average molecular weight is 257 g/mol. The summed E-state index contributed by atoms with van der Waals surface area (Å²) < 4.78 is 0. The standard InChI is InChI=1S/C14H19N5/c1-11(2)19(9-12-6-4-3-5-7-12)14-8-13(18-15)16-10-17-14/h3-8,10-11H,9,15H2,1-2H3,(H,16,17,18). The zero-order valence-electron chi connectivity index (χ0n) is 11.2. The van der Waals surface area contributed by atoms with Crippen molar-refractivity contribution in [2.75, 3.05) is 10.3 Å². The monoisotopic (exact) mass is 257 g/mol. The van der Waals surface area contributed by atoms with E-state index in [9.17, 15) is 0 Å². The highest BCUT2D eigenvalue weighted by Crippen LogP contribution is 2.19. The molecule has 0 atom stereocenters. The van der Waals surface area contributed by atoms with Crippen molar-refractivity contribution in [1.29, 1.82) is 0 Å². The number of hydrazine groups is 1. The Hall–Kier alpha value is -2.14. The van der Waals surface area contributed by atoms with Gasteiger partial charge in [0.2, 0.25) is 0 Å². The van der Waals surface area contributed by atoms with E-state index in [1.54, 1.807) is 0 Å². The number of rotatable bonds is 5. The zero-order chi connectivity index (χ0) is 13.7. The number of benzene rings is 1. The number of anilines is 2. The highest BCUT2D eigenvalue weighted by molar-refractivity contribution is 5.48. The Balaban J connectivity index is 2.24. The molecular weight excluding hydrogens is 238 g/mol. The second-order valence-electron chi connectivity index (χ2n) is 4.61. The van der Waals surface area contributed by atoms with E-state index < -0.39 is 0 Å². The van der Waals surface area contributed by atoms with E-state index in [-0.39, 0.29) is 0 Å².